The summed E-state index contributed by atoms with van der Waals surface area (Å²) in [5, 5.41) is 10.7. The Morgan fingerprint density at radius 3 is 2.81 bits per heavy atom. The number of aliphatic hydroxyl groups is 1. The van der Waals surface area contributed by atoms with Crippen LogP contribution in [0.2, 0.25) is 0 Å². The van der Waals surface area contributed by atoms with Crippen molar-refractivity contribution >= 4 is 28.5 Å². The molecule has 0 radical (unpaired) electrons. The van der Waals surface area contributed by atoms with E-state index in [0.717, 1.165) is 9.75 Å². The highest BCUT2D eigenvalue weighted by atomic mass is 32.1. The molecule has 0 aliphatic rings. The van der Waals surface area contributed by atoms with Gasteiger partial charge in [0, 0.05) is 22.8 Å². The monoisotopic (exact) mass is 252 g/mol. The number of rotatable bonds is 5. The molecule has 84 valence electrons. The summed E-state index contributed by atoms with van der Waals surface area (Å²) in [6.07, 6.45) is 0.978. The third-order valence-corrected chi connectivity index (χ3v) is 4.40. The van der Waals surface area contributed by atoms with Gasteiger partial charge in [-0.05, 0) is 30.0 Å². The molecule has 0 atom stereocenters. The lowest BCUT2D eigenvalue weighted by molar-refractivity contribution is 0.0975. The molecule has 4 heteroatoms. The molecule has 0 fully saturated rings. The zero-order valence-electron chi connectivity index (χ0n) is 8.68. The Kier molecular flexibility index (Phi) is 3.88. The van der Waals surface area contributed by atoms with E-state index < -0.39 is 0 Å². The number of hydrogen-bond donors (Lipinski definition) is 1. The topological polar surface area (TPSA) is 37.3 Å². The fourth-order valence-electron chi connectivity index (χ4n) is 1.40. The number of Topliss-reactive ketones (excluding diaryl/α,β-unsaturated/α-hetero) is 1. The minimum absolute atomic E-state index is 0.0783. The van der Waals surface area contributed by atoms with Gasteiger partial charge in [0.2, 0.25) is 0 Å². The molecule has 2 heterocycles. The van der Waals surface area contributed by atoms with Crippen LogP contribution in [0.3, 0.4) is 0 Å². The van der Waals surface area contributed by atoms with Gasteiger partial charge < -0.3 is 5.11 Å². The van der Waals surface area contributed by atoms with Gasteiger partial charge in [-0.2, -0.15) is 0 Å². The Bertz CT molecular complexity index is 457. The van der Waals surface area contributed by atoms with Crippen LogP contribution in [-0.2, 0) is 0 Å². The minimum atomic E-state index is 0.0783. The van der Waals surface area contributed by atoms with E-state index in [1.807, 2.05) is 23.6 Å². The number of aliphatic hydroxyl groups excluding tert-OH is 1. The van der Waals surface area contributed by atoms with E-state index in [1.54, 1.807) is 11.3 Å². The van der Waals surface area contributed by atoms with Crippen LogP contribution in [0.1, 0.15) is 22.5 Å². The summed E-state index contributed by atoms with van der Waals surface area (Å²) in [4.78, 5) is 14.8. The maximum Gasteiger partial charge on any atom is 0.172 e. The van der Waals surface area contributed by atoms with Gasteiger partial charge in [-0.15, -0.1) is 22.7 Å². The smallest absolute Gasteiger partial charge is 0.172 e. The standard InChI is InChI=1S/C12H12O2S2/c13-7-1-3-9(14)10-5-6-12(16-10)11-4-2-8-15-11/h2,4-6,8,13H,1,3,7H2. The second kappa shape index (κ2) is 5.39. The highest BCUT2D eigenvalue weighted by molar-refractivity contribution is 7.22. The van der Waals surface area contributed by atoms with E-state index in [2.05, 4.69) is 6.07 Å². The van der Waals surface area contributed by atoms with Crippen LogP contribution in [0.25, 0.3) is 9.75 Å². The maximum absolute atomic E-state index is 11.7. The maximum atomic E-state index is 11.7. The van der Waals surface area contributed by atoms with Crippen LogP contribution in [-0.4, -0.2) is 17.5 Å². The van der Waals surface area contributed by atoms with Gasteiger partial charge in [-0.1, -0.05) is 6.07 Å². The van der Waals surface area contributed by atoms with Gasteiger partial charge in [-0.25, -0.2) is 0 Å². The molecule has 2 rings (SSSR count). The van der Waals surface area contributed by atoms with Crippen LogP contribution >= 0.6 is 22.7 Å². The van der Waals surface area contributed by atoms with Gasteiger partial charge in [0.1, 0.15) is 0 Å². The second-order valence-corrected chi connectivity index (χ2v) is 5.42. The van der Waals surface area contributed by atoms with Crippen LogP contribution in [0.5, 0.6) is 0 Å². The first-order valence-corrected chi connectivity index (χ1v) is 6.78. The SMILES string of the molecule is O=C(CCCO)c1ccc(-c2cccs2)s1. The molecule has 0 bridgehead atoms. The molecule has 2 aromatic rings. The Hall–Kier alpha value is -0.970. The predicted molar refractivity (Wildman–Crippen MR) is 68.3 cm³/mol. The molecule has 0 spiro atoms. The first-order chi connectivity index (χ1) is 7.81. The third-order valence-electron chi connectivity index (χ3n) is 2.21. The van der Waals surface area contributed by atoms with Crippen LogP contribution in [0, 0.1) is 0 Å². The molecule has 1 N–H and O–H groups in total. The van der Waals surface area contributed by atoms with Crippen LogP contribution in [0.15, 0.2) is 29.6 Å². The fraction of sp³-hybridized carbons (Fsp3) is 0.250. The molecule has 0 aliphatic carbocycles. The molecule has 0 saturated carbocycles. The molecule has 0 aliphatic heterocycles. The van der Waals surface area contributed by atoms with Crippen molar-refractivity contribution in [1.29, 1.82) is 0 Å². The molecular weight excluding hydrogens is 240 g/mol. The van der Waals surface area contributed by atoms with Gasteiger partial charge >= 0.3 is 0 Å². The fourth-order valence-corrected chi connectivity index (χ4v) is 3.21. The zero-order valence-corrected chi connectivity index (χ0v) is 10.3. The van der Waals surface area contributed by atoms with Gasteiger partial charge in [0.25, 0.3) is 0 Å². The molecule has 0 aromatic carbocycles. The molecule has 2 nitrogen and oxygen atoms in total. The number of hydrogen-bond acceptors (Lipinski definition) is 4. The van der Waals surface area contributed by atoms with Crippen LogP contribution < -0.4 is 0 Å². The molecular formula is C12H12O2S2. The molecule has 16 heavy (non-hydrogen) atoms. The largest absolute Gasteiger partial charge is 0.396 e. The Balaban J connectivity index is 2.11. The quantitative estimate of drug-likeness (QED) is 0.828. The average Bonchev–Trinajstić information content (AvgIpc) is 2.94. The second-order valence-electron chi connectivity index (χ2n) is 3.39. The number of carbonyl (C=O) groups is 1. The van der Waals surface area contributed by atoms with Crippen molar-refractivity contribution in [1.82, 2.24) is 0 Å². The minimum Gasteiger partial charge on any atom is -0.396 e. The average molecular weight is 252 g/mol. The normalized spacial score (nSPS) is 10.6. The zero-order chi connectivity index (χ0) is 11.4. The van der Waals surface area contributed by atoms with E-state index in [4.69, 9.17) is 5.11 Å². The van der Waals surface area contributed by atoms with Crippen molar-refractivity contribution < 1.29 is 9.90 Å². The first kappa shape index (κ1) is 11.5. The first-order valence-electron chi connectivity index (χ1n) is 5.09. The van der Waals surface area contributed by atoms with Crippen LogP contribution in [0.4, 0.5) is 0 Å². The summed E-state index contributed by atoms with van der Waals surface area (Å²) in [6.45, 7) is 0.0783. The van der Waals surface area contributed by atoms with E-state index in [9.17, 15) is 4.79 Å². The molecule has 0 amide bonds. The molecule has 0 saturated heterocycles. The van der Waals surface area contributed by atoms with Crippen molar-refractivity contribution in [2.75, 3.05) is 6.61 Å². The van der Waals surface area contributed by atoms with E-state index >= 15 is 0 Å². The summed E-state index contributed by atoms with van der Waals surface area (Å²) < 4.78 is 0. The van der Waals surface area contributed by atoms with E-state index in [1.165, 1.54) is 16.2 Å². The third kappa shape index (κ3) is 2.58. The van der Waals surface area contributed by atoms with Crippen molar-refractivity contribution in [2.24, 2.45) is 0 Å². The summed E-state index contributed by atoms with van der Waals surface area (Å²) in [6, 6.07) is 7.92. The van der Waals surface area contributed by atoms with Crippen molar-refractivity contribution in [3.05, 3.63) is 34.5 Å². The summed E-state index contributed by atoms with van der Waals surface area (Å²) in [5.41, 5.74) is 0. The summed E-state index contributed by atoms with van der Waals surface area (Å²) in [5.74, 6) is 0.127. The Morgan fingerprint density at radius 1 is 1.25 bits per heavy atom. The number of thiophene rings is 2. The number of ketones is 1. The lowest BCUT2D eigenvalue weighted by Gasteiger charge is -1.94. The lowest BCUT2D eigenvalue weighted by atomic mass is 10.2. The Morgan fingerprint density at radius 2 is 2.12 bits per heavy atom. The highest BCUT2D eigenvalue weighted by Gasteiger charge is 2.10. The van der Waals surface area contributed by atoms with Crippen molar-refractivity contribution in [3.63, 3.8) is 0 Å². The highest BCUT2D eigenvalue weighted by Crippen LogP contribution is 2.31. The molecule has 0 unspecified atom stereocenters. The predicted octanol–water partition coefficient (Wildman–Crippen LogP) is 3.43. The lowest BCUT2D eigenvalue weighted by Crippen LogP contribution is -1.96. The molecule has 2 aromatic heterocycles. The van der Waals surface area contributed by atoms with Crippen molar-refractivity contribution in [2.45, 2.75) is 12.8 Å². The van der Waals surface area contributed by atoms with Gasteiger partial charge in [0.15, 0.2) is 5.78 Å². The summed E-state index contributed by atoms with van der Waals surface area (Å²) in [7, 11) is 0. The van der Waals surface area contributed by atoms with E-state index in [-0.39, 0.29) is 12.4 Å². The van der Waals surface area contributed by atoms with E-state index in [0.29, 0.717) is 12.8 Å². The van der Waals surface area contributed by atoms with Crippen molar-refractivity contribution in [3.8, 4) is 9.75 Å². The summed E-state index contributed by atoms with van der Waals surface area (Å²) >= 11 is 3.21. The number of carbonyl (C=O) groups excluding carboxylic acids is 1. The van der Waals surface area contributed by atoms with Gasteiger partial charge in [0.05, 0.1) is 4.88 Å². The Labute approximate surface area is 102 Å². The van der Waals surface area contributed by atoms with Gasteiger partial charge in [-0.3, -0.25) is 4.79 Å².